The Kier molecular flexibility index (Phi) is 5.29. The van der Waals surface area contributed by atoms with E-state index in [0.29, 0.717) is 15.6 Å². The van der Waals surface area contributed by atoms with Crippen molar-refractivity contribution in [3.05, 3.63) is 81.2 Å². The van der Waals surface area contributed by atoms with E-state index in [4.69, 9.17) is 12.2 Å². The van der Waals surface area contributed by atoms with Gasteiger partial charge in [0.15, 0.2) is 5.11 Å². The number of hydrogen-bond acceptors (Lipinski definition) is 5. The molecule has 2 aromatic carbocycles. The van der Waals surface area contributed by atoms with Crippen molar-refractivity contribution in [2.75, 3.05) is 19.0 Å². The summed E-state index contributed by atoms with van der Waals surface area (Å²) < 4.78 is 45.4. The Hall–Kier alpha value is -3.50. The van der Waals surface area contributed by atoms with Crippen molar-refractivity contribution < 1.29 is 22.8 Å². The highest BCUT2D eigenvalue weighted by atomic mass is 32.1. The van der Waals surface area contributed by atoms with Crippen LogP contribution in [0.5, 0.6) is 0 Å². The monoisotopic (exact) mass is 567 g/mol. The van der Waals surface area contributed by atoms with E-state index in [2.05, 4.69) is 0 Å². The van der Waals surface area contributed by atoms with Gasteiger partial charge in [-0.15, -0.1) is 11.3 Å². The van der Waals surface area contributed by atoms with Crippen LogP contribution in [0.4, 0.5) is 29.5 Å². The average molecular weight is 568 g/mol. The zero-order chi connectivity index (χ0) is 28.2. The van der Waals surface area contributed by atoms with Crippen LogP contribution < -0.4 is 4.90 Å². The molecular weight excluding hydrogens is 543 g/mol. The Morgan fingerprint density at radius 2 is 1.46 bits per heavy atom. The third kappa shape index (κ3) is 3.21. The molecule has 5 nitrogen and oxygen atoms in total. The number of fused-ring (bicyclic) bond motifs is 4. The molecule has 3 aliphatic rings. The van der Waals surface area contributed by atoms with Crippen LogP contribution in [0.3, 0.4) is 0 Å². The number of anilines is 3. The maximum absolute atomic E-state index is 15.1. The highest BCUT2D eigenvalue weighted by molar-refractivity contribution is 7.80. The maximum atomic E-state index is 15.1. The summed E-state index contributed by atoms with van der Waals surface area (Å²) in [5.74, 6) is -1.19. The number of hydrogen-bond donors (Lipinski definition) is 0. The number of benzene rings is 2. The minimum atomic E-state index is -4.61. The number of rotatable bonds is 1. The molecular formula is C29H24F3N3O2S2. The van der Waals surface area contributed by atoms with Gasteiger partial charge in [-0.1, -0.05) is 50.2 Å². The van der Waals surface area contributed by atoms with Crippen LogP contribution in [0.25, 0.3) is 6.08 Å². The number of carbonyl (C=O) groups is 2. The lowest BCUT2D eigenvalue weighted by molar-refractivity contribution is -0.173. The van der Waals surface area contributed by atoms with Crippen molar-refractivity contribution in [2.24, 2.45) is 0 Å². The van der Waals surface area contributed by atoms with Crippen LogP contribution in [0.2, 0.25) is 0 Å². The predicted molar refractivity (Wildman–Crippen MR) is 150 cm³/mol. The lowest BCUT2D eigenvalue weighted by atomic mass is 9.66. The van der Waals surface area contributed by atoms with Gasteiger partial charge in [-0.25, -0.2) is 0 Å². The number of para-hydroxylation sites is 2. The van der Waals surface area contributed by atoms with Crippen LogP contribution >= 0.6 is 23.6 Å². The van der Waals surface area contributed by atoms with Crippen molar-refractivity contribution in [1.82, 2.24) is 9.80 Å². The number of thiocarbonyl (C=S) groups is 1. The van der Waals surface area contributed by atoms with Crippen molar-refractivity contribution in [2.45, 2.75) is 37.8 Å². The summed E-state index contributed by atoms with van der Waals surface area (Å²) in [6, 6.07) is 14.4. The van der Waals surface area contributed by atoms with Crippen molar-refractivity contribution in [1.29, 1.82) is 0 Å². The van der Waals surface area contributed by atoms with Gasteiger partial charge in [-0.3, -0.25) is 19.4 Å². The van der Waals surface area contributed by atoms with Gasteiger partial charge in [0.05, 0.1) is 11.4 Å². The average Bonchev–Trinajstić information content (AvgIpc) is 3.32. The number of amides is 2. The Labute approximate surface area is 233 Å². The number of likely N-dealkylation sites (N-methyl/N-ethyl adjacent to an activating group) is 2. The molecule has 1 atom stereocenters. The second-order valence-corrected chi connectivity index (χ2v) is 12.2. The van der Waals surface area contributed by atoms with Crippen molar-refractivity contribution in [3.8, 4) is 0 Å². The molecule has 3 aromatic rings. The van der Waals surface area contributed by atoms with E-state index >= 15 is 13.2 Å². The molecule has 0 spiro atoms. The molecule has 3 aliphatic heterocycles. The van der Waals surface area contributed by atoms with Crippen LogP contribution in [0, 0.1) is 0 Å². The predicted octanol–water partition coefficient (Wildman–Crippen LogP) is 6.64. The summed E-state index contributed by atoms with van der Waals surface area (Å²) >= 11 is 6.30. The van der Waals surface area contributed by atoms with E-state index in [-0.39, 0.29) is 21.8 Å². The highest BCUT2D eigenvalue weighted by Crippen LogP contribution is 2.64. The van der Waals surface area contributed by atoms with Crippen LogP contribution in [-0.2, 0) is 20.4 Å². The molecule has 39 heavy (non-hydrogen) atoms. The van der Waals surface area contributed by atoms with Gasteiger partial charge < -0.3 is 4.90 Å². The molecule has 0 saturated carbocycles. The first kappa shape index (κ1) is 25.8. The zero-order valence-corrected chi connectivity index (χ0v) is 23.4. The Morgan fingerprint density at radius 1 is 0.872 bits per heavy atom. The number of halogens is 3. The van der Waals surface area contributed by atoms with Gasteiger partial charge in [-0.05, 0) is 54.0 Å². The van der Waals surface area contributed by atoms with Gasteiger partial charge in [0.25, 0.3) is 11.8 Å². The molecule has 1 unspecified atom stereocenters. The third-order valence-corrected chi connectivity index (χ3v) is 9.88. The van der Waals surface area contributed by atoms with E-state index in [9.17, 15) is 9.59 Å². The molecule has 1 fully saturated rings. The third-order valence-electron chi connectivity index (χ3n) is 8.26. The molecule has 200 valence electrons. The van der Waals surface area contributed by atoms with E-state index in [1.165, 1.54) is 43.0 Å². The van der Waals surface area contributed by atoms with E-state index in [0.717, 1.165) is 28.2 Å². The Morgan fingerprint density at radius 3 is 2.10 bits per heavy atom. The topological polar surface area (TPSA) is 43.9 Å². The quantitative estimate of drug-likeness (QED) is 0.188. The Bertz CT molecular complexity index is 1630. The summed E-state index contributed by atoms with van der Waals surface area (Å²) in [6.45, 7) is 5.27. The van der Waals surface area contributed by atoms with Crippen molar-refractivity contribution in [3.63, 3.8) is 0 Å². The van der Waals surface area contributed by atoms with Crippen LogP contribution in [0.1, 0.15) is 47.9 Å². The molecule has 10 heteroatoms. The second-order valence-electron chi connectivity index (χ2n) is 10.7. The Balaban J connectivity index is 1.65. The molecule has 4 heterocycles. The minimum Gasteiger partial charge on any atom is -0.301 e. The normalized spacial score (nSPS) is 21.6. The van der Waals surface area contributed by atoms with Crippen molar-refractivity contribution >= 4 is 62.9 Å². The molecule has 2 amide bonds. The van der Waals surface area contributed by atoms with Gasteiger partial charge in [0, 0.05) is 30.0 Å². The molecule has 6 rings (SSSR count). The first-order valence-corrected chi connectivity index (χ1v) is 13.5. The first-order chi connectivity index (χ1) is 18.2. The first-order valence-electron chi connectivity index (χ1n) is 12.3. The van der Waals surface area contributed by atoms with Crippen LogP contribution in [-0.4, -0.2) is 47.0 Å². The second kappa shape index (κ2) is 8.02. The summed E-state index contributed by atoms with van der Waals surface area (Å²) in [5.41, 5.74) is 0.413. The van der Waals surface area contributed by atoms with Gasteiger partial charge in [0.1, 0.15) is 16.0 Å². The van der Waals surface area contributed by atoms with Crippen LogP contribution in [0.15, 0.2) is 54.1 Å². The smallest absolute Gasteiger partial charge is 0.301 e. The molecule has 1 aromatic heterocycles. The van der Waals surface area contributed by atoms with Gasteiger partial charge >= 0.3 is 6.18 Å². The van der Waals surface area contributed by atoms with E-state index in [1.54, 1.807) is 12.1 Å². The summed E-state index contributed by atoms with van der Waals surface area (Å²) in [4.78, 5) is 30.6. The largest absolute Gasteiger partial charge is 0.402 e. The zero-order valence-electron chi connectivity index (χ0n) is 21.8. The van der Waals surface area contributed by atoms with Gasteiger partial charge in [0.2, 0.25) is 0 Å². The number of thiophene rings is 1. The number of nitrogens with zero attached hydrogens (tertiary/aromatic N) is 3. The van der Waals surface area contributed by atoms with E-state index < -0.39 is 28.8 Å². The summed E-state index contributed by atoms with van der Waals surface area (Å²) in [5, 5.41) is 0.477. The number of carbonyl (C=O) groups excluding carboxylic acids is 2. The van der Waals surface area contributed by atoms with Gasteiger partial charge in [-0.2, -0.15) is 13.2 Å². The molecule has 0 radical (unpaired) electrons. The molecule has 1 saturated heterocycles. The molecule has 0 N–H and O–H groups in total. The fourth-order valence-corrected chi connectivity index (χ4v) is 7.33. The van der Waals surface area contributed by atoms with E-state index in [1.807, 2.05) is 49.1 Å². The summed E-state index contributed by atoms with van der Waals surface area (Å²) in [6.07, 6.45) is -3.23. The lowest BCUT2D eigenvalue weighted by Crippen LogP contribution is -2.52. The number of alkyl halides is 3. The highest BCUT2D eigenvalue weighted by Gasteiger charge is 2.60. The fourth-order valence-electron chi connectivity index (χ4n) is 5.93. The lowest BCUT2D eigenvalue weighted by Gasteiger charge is -2.49. The fraction of sp³-hybridized carbons (Fsp3) is 0.276. The SMILES string of the molecule is CN1C(=O)C(=Cc2cc3c(s2)N2c4ccccc4C(C)(C)c4cccc(c42)C3(C)C(F)(F)F)C(=O)N(C)C1=S. The maximum Gasteiger partial charge on any atom is 0.402 e. The standard InChI is InChI=1S/C29H24F3N3O2S2/c1-27(2)17-9-6-7-12-21(17)35-22-18(27)10-8-11-19(22)28(3,29(30,31)32)20-14-15(39-25(20)35)13-16-23(36)33(4)26(38)34(5)24(16)37/h6-14H,1-5H3. The molecule has 0 aliphatic carbocycles. The molecule has 0 bridgehead atoms. The summed E-state index contributed by atoms with van der Waals surface area (Å²) in [7, 11) is 2.93. The minimum absolute atomic E-state index is 0.0628.